The number of hydrogen-bond acceptors (Lipinski definition) is 8. The van der Waals surface area contributed by atoms with E-state index in [1.807, 2.05) is 61.5 Å². The van der Waals surface area contributed by atoms with Crippen molar-refractivity contribution < 1.29 is 24.2 Å². The highest BCUT2D eigenvalue weighted by atomic mass is 32.1. The van der Waals surface area contributed by atoms with Crippen LogP contribution in [0.15, 0.2) is 60.2 Å². The van der Waals surface area contributed by atoms with Gasteiger partial charge < -0.3 is 19.5 Å². The first kappa shape index (κ1) is 26.1. The summed E-state index contributed by atoms with van der Waals surface area (Å²) < 4.78 is 10.8. The van der Waals surface area contributed by atoms with Crippen LogP contribution in [-0.4, -0.2) is 78.1 Å². The number of aromatic nitrogens is 1. The molecule has 2 aliphatic rings. The summed E-state index contributed by atoms with van der Waals surface area (Å²) in [5.41, 5.74) is 2.01. The van der Waals surface area contributed by atoms with Gasteiger partial charge in [0.15, 0.2) is 5.76 Å². The topological polar surface area (TPSA) is 92.2 Å². The smallest absolute Gasteiger partial charge is 0.295 e. The summed E-state index contributed by atoms with van der Waals surface area (Å²) in [6.07, 6.45) is 0.696. The molecular formula is C29H31N3O5S. The highest BCUT2D eigenvalue weighted by Gasteiger charge is 2.46. The van der Waals surface area contributed by atoms with Crippen molar-refractivity contribution in [3.8, 4) is 16.3 Å². The highest BCUT2D eigenvalue weighted by Crippen LogP contribution is 2.41. The number of rotatable bonds is 8. The van der Waals surface area contributed by atoms with Crippen LogP contribution in [0.2, 0.25) is 0 Å². The van der Waals surface area contributed by atoms with Crippen LogP contribution in [0.1, 0.15) is 28.6 Å². The molecule has 0 spiro atoms. The van der Waals surface area contributed by atoms with E-state index in [4.69, 9.17) is 9.47 Å². The van der Waals surface area contributed by atoms with Crippen LogP contribution in [0, 0.1) is 6.92 Å². The minimum Gasteiger partial charge on any atom is -0.505 e. The number of carbonyl (C=O) groups excluding carboxylic acids is 2. The van der Waals surface area contributed by atoms with E-state index >= 15 is 0 Å². The fourth-order valence-electron chi connectivity index (χ4n) is 5.01. The third-order valence-corrected chi connectivity index (χ3v) is 7.99. The molecule has 1 atom stereocenters. The first-order chi connectivity index (χ1) is 18.5. The monoisotopic (exact) mass is 533 g/mol. The molecule has 0 unspecified atom stereocenters. The van der Waals surface area contributed by atoms with Gasteiger partial charge in [0.2, 0.25) is 0 Å². The van der Waals surface area contributed by atoms with Crippen LogP contribution >= 0.6 is 11.3 Å². The number of benzene rings is 2. The number of ether oxygens (including phenoxy) is 2. The first-order valence-electron chi connectivity index (χ1n) is 12.7. The molecule has 2 aromatic carbocycles. The molecule has 2 aliphatic heterocycles. The number of hydrogen-bond donors (Lipinski definition) is 1. The molecule has 3 aromatic rings. The fourth-order valence-corrected chi connectivity index (χ4v) is 5.93. The van der Waals surface area contributed by atoms with Gasteiger partial charge in [-0.05, 0) is 31.0 Å². The van der Waals surface area contributed by atoms with Crippen molar-refractivity contribution >= 4 is 28.8 Å². The van der Waals surface area contributed by atoms with Gasteiger partial charge in [-0.1, -0.05) is 42.5 Å². The number of carbonyl (C=O) groups is 2. The molecular weight excluding hydrogens is 502 g/mol. The second-order valence-electron chi connectivity index (χ2n) is 9.37. The molecule has 2 fully saturated rings. The first-order valence-corrected chi connectivity index (χ1v) is 13.5. The maximum Gasteiger partial charge on any atom is 0.295 e. The van der Waals surface area contributed by atoms with Gasteiger partial charge in [-0.2, -0.15) is 0 Å². The van der Waals surface area contributed by atoms with Gasteiger partial charge in [0.25, 0.3) is 11.7 Å². The molecule has 5 rings (SSSR count). The standard InChI is InChI=1S/C29H31N3O5S/c1-19-24(30-28(38-19)20-8-4-3-5-9-20)26(33)23-25(21-10-6-11-22(18-21)36-2)32(29(35)27(23)34)13-7-12-31-14-16-37-17-15-31/h3-6,8-11,18,25,33H,7,12-17H2,1-2H3/t25-/m0/s1. The van der Waals surface area contributed by atoms with E-state index in [9.17, 15) is 14.7 Å². The quantitative estimate of drug-likeness (QED) is 0.263. The number of amides is 1. The highest BCUT2D eigenvalue weighted by molar-refractivity contribution is 7.15. The number of aryl methyl sites for hydroxylation is 1. The molecule has 3 heterocycles. The number of Topliss-reactive ketones (excluding diaryl/α,β-unsaturated/α-hetero) is 1. The van der Waals surface area contributed by atoms with Crippen LogP contribution in [0.5, 0.6) is 5.75 Å². The van der Waals surface area contributed by atoms with E-state index in [1.165, 1.54) is 11.3 Å². The summed E-state index contributed by atoms with van der Waals surface area (Å²) in [6.45, 7) is 6.14. The van der Waals surface area contributed by atoms with Gasteiger partial charge in [-0.25, -0.2) is 4.98 Å². The van der Waals surface area contributed by atoms with E-state index in [-0.39, 0.29) is 11.3 Å². The van der Waals surface area contributed by atoms with Crippen LogP contribution in [-0.2, 0) is 14.3 Å². The van der Waals surface area contributed by atoms with Gasteiger partial charge in [0.1, 0.15) is 16.5 Å². The van der Waals surface area contributed by atoms with Crippen molar-refractivity contribution in [3.05, 3.63) is 76.3 Å². The number of aliphatic hydroxyl groups is 1. The number of nitrogens with zero attached hydrogens (tertiary/aromatic N) is 3. The van der Waals surface area contributed by atoms with E-state index in [0.29, 0.717) is 43.2 Å². The molecule has 1 amide bonds. The van der Waals surface area contributed by atoms with E-state index < -0.39 is 17.7 Å². The summed E-state index contributed by atoms with van der Waals surface area (Å²) in [4.78, 5) is 36.1. The van der Waals surface area contributed by atoms with Crippen molar-refractivity contribution in [3.63, 3.8) is 0 Å². The average Bonchev–Trinajstić information content (AvgIpc) is 3.46. The molecule has 0 radical (unpaired) electrons. The maximum atomic E-state index is 13.4. The summed E-state index contributed by atoms with van der Waals surface area (Å²) in [5, 5.41) is 12.3. The van der Waals surface area contributed by atoms with Gasteiger partial charge in [-0.3, -0.25) is 14.5 Å². The Morgan fingerprint density at radius 2 is 1.87 bits per heavy atom. The van der Waals surface area contributed by atoms with Crippen LogP contribution in [0.25, 0.3) is 16.3 Å². The van der Waals surface area contributed by atoms with Crippen LogP contribution in [0.3, 0.4) is 0 Å². The minimum atomic E-state index is -0.740. The number of ketones is 1. The molecule has 2 saturated heterocycles. The Labute approximate surface area is 226 Å². The van der Waals surface area contributed by atoms with E-state index in [1.54, 1.807) is 12.0 Å². The lowest BCUT2D eigenvalue weighted by atomic mass is 9.96. The molecule has 38 heavy (non-hydrogen) atoms. The van der Waals surface area contributed by atoms with Crippen molar-refractivity contribution in [2.24, 2.45) is 0 Å². The normalized spacial score (nSPS) is 19.7. The van der Waals surface area contributed by atoms with Gasteiger partial charge in [-0.15, -0.1) is 11.3 Å². The molecule has 9 heteroatoms. The number of thiazole rings is 1. The van der Waals surface area contributed by atoms with Crippen LogP contribution < -0.4 is 4.74 Å². The Kier molecular flexibility index (Phi) is 7.87. The van der Waals surface area contributed by atoms with E-state index in [0.717, 1.165) is 35.1 Å². The van der Waals surface area contributed by atoms with Gasteiger partial charge >= 0.3 is 0 Å². The average molecular weight is 534 g/mol. The summed E-state index contributed by atoms with van der Waals surface area (Å²) in [7, 11) is 1.57. The van der Waals surface area contributed by atoms with Crippen molar-refractivity contribution in [2.45, 2.75) is 19.4 Å². The zero-order valence-electron chi connectivity index (χ0n) is 21.6. The second kappa shape index (κ2) is 11.5. The number of likely N-dealkylation sites (tertiary alicyclic amines) is 1. The molecule has 0 aliphatic carbocycles. The lowest BCUT2D eigenvalue weighted by Crippen LogP contribution is -2.38. The zero-order chi connectivity index (χ0) is 26.6. The summed E-state index contributed by atoms with van der Waals surface area (Å²) in [6, 6.07) is 16.2. The predicted octanol–water partition coefficient (Wildman–Crippen LogP) is 4.27. The minimum absolute atomic E-state index is 0.0580. The number of aliphatic hydroxyl groups excluding tert-OH is 1. The lowest BCUT2D eigenvalue weighted by Gasteiger charge is -2.29. The molecule has 8 nitrogen and oxygen atoms in total. The Morgan fingerprint density at radius 1 is 1.11 bits per heavy atom. The maximum absolute atomic E-state index is 13.4. The third kappa shape index (κ3) is 5.22. The van der Waals surface area contributed by atoms with Crippen molar-refractivity contribution in [1.29, 1.82) is 0 Å². The molecule has 1 N–H and O–H groups in total. The fraction of sp³-hybridized carbons (Fsp3) is 0.345. The van der Waals surface area contributed by atoms with Gasteiger partial charge in [0.05, 0.1) is 31.9 Å². The largest absolute Gasteiger partial charge is 0.505 e. The zero-order valence-corrected chi connectivity index (χ0v) is 22.4. The number of methoxy groups -OCH3 is 1. The third-order valence-electron chi connectivity index (χ3n) is 6.97. The lowest BCUT2D eigenvalue weighted by molar-refractivity contribution is -0.140. The molecule has 1 aromatic heterocycles. The summed E-state index contributed by atoms with van der Waals surface area (Å²) in [5.74, 6) is -0.951. The molecule has 0 bridgehead atoms. The SMILES string of the molecule is COc1cccc([C@H]2C(=C(O)c3nc(-c4ccccc4)sc3C)C(=O)C(=O)N2CCCN2CCOCC2)c1. The molecule has 0 saturated carbocycles. The number of morpholine rings is 1. The van der Waals surface area contributed by atoms with Crippen molar-refractivity contribution in [2.75, 3.05) is 46.5 Å². The van der Waals surface area contributed by atoms with Gasteiger partial charge in [0, 0.05) is 36.6 Å². The van der Waals surface area contributed by atoms with Crippen LogP contribution in [0.4, 0.5) is 0 Å². The van der Waals surface area contributed by atoms with Crippen molar-refractivity contribution in [1.82, 2.24) is 14.8 Å². The Bertz CT molecular complexity index is 1350. The predicted molar refractivity (Wildman–Crippen MR) is 146 cm³/mol. The second-order valence-corrected chi connectivity index (χ2v) is 10.6. The Morgan fingerprint density at radius 3 is 2.61 bits per heavy atom. The summed E-state index contributed by atoms with van der Waals surface area (Å²) >= 11 is 1.44. The Balaban J connectivity index is 1.52. The molecule has 198 valence electrons. The Hall–Kier alpha value is -3.53. The van der Waals surface area contributed by atoms with E-state index in [2.05, 4.69) is 9.88 Å².